The molecule has 1 amide bonds. The molecule has 0 aliphatic carbocycles. The number of nitrogens with one attached hydrogen (secondary N) is 1. The van der Waals surface area contributed by atoms with E-state index in [1.165, 1.54) is 17.9 Å². The molecule has 0 unspecified atom stereocenters. The van der Waals surface area contributed by atoms with Gasteiger partial charge in [0, 0.05) is 33.2 Å². The van der Waals surface area contributed by atoms with Crippen molar-refractivity contribution in [1.29, 1.82) is 0 Å². The van der Waals surface area contributed by atoms with Crippen molar-refractivity contribution in [2.24, 2.45) is 7.05 Å². The fraction of sp³-hybridized carbons (Fsp3) is 0.357. The summed E-state index contributed by atoms with van der Waals surface area (Å²) in [5.74, 6) is 0.222. The minimum atomic E-state index is -0.553. The van der Waals surface area contributed by atoms with Gasteiger partial charge in [-0.1, -0.05) is 0 Å². The Balaban J connectivity index is 1.78. The largest absolute Gasteiger partial charge is 0.459 e. The number of rotatable bonds is 2. The first-order chi connectivity index (χ1) is 11.0. The summed E-state index contributed by atoms with van der Waals surface area (Å²) in [4.78, 5) is 41.4. The van der Waals surface area contributed by atoms with Crippen LogP contribution >= 0.6 is 0 Å². The Morgan fingerprint density at radius 3 is 2.57 bits per heavy atom. The highest BCUT2D eigenvalue weighted by atomic mass is 16.3. The maximum Gasteiger partial charge on any atom is 0.329 e. The molecule has 0 atom stereocenters. The lowest BCUT2D eigenvalue weighted by atomic mass is 10.2. The van der Waals surface area contributed by atoms with Crippen molar-refractivity contribution in [3.05, 3.63) is 45.0 Å². The van der Waals surface area contributed by atoms with Gasteiger partial charge in [0.2, 0.25) is 0 Å². The fourth-order valence-corrected chi connectivity index (χ4v) is 2.62. The van der Waals surface area contributed by atoms with Crippen LogP contribution in [0.1, 0.15) is 10.6 Å². The lowest BCUT2D eigenvalue weighted by Crippen LogP contribution is -2.51. The van der Waals surface area contributed by atoms with Gasteiger partial charge in [-0.15, -0.1) is 0 Å². The van der Waals surface area contributed by atoms with Crippen LogP contribution in [0.2, 0.25) is 0 Å². The minimum absolute atomic E-state index is 0.115. The van der Waals surface area contributed by atoms with Gasteiger partial charge in [-0.3, -0.25) is 19.1 Å². The minimum Gasteiger partial charge on any atom is -0.459 e. The van der Waals surface area contributed by atoms with E-state index in [4.69, 9.17) is 10.2 Å². The van der Waals surface area contributed by atoms with E-state index < -0.39 is 11.2 Å². The van der Waals surface area contributed by atoms with Crippen molar-refractivity contribution in [2.75, 3.05) is 36.8 Å². The Bertz CT molecular complexity index is 828. The first kappa shape index (κ1) is 14.9. The average molecular weight is 319 g/mol. The summed E-state index contributed by atoms with van der Waals surface area (Å²) in [5, 5.41) is 0. The van der Waals surface area contributed by atoms with Crippen LogP contribution in [0, 0.1) is 0 Å². The number of nitrogens with two attached hydrogens (primary N) is 1. The zero-order valence-electron chi connectivity index (χ0n) is 12.6. The molecule has 2 aromatic rings. The van der Waals surface area contributed by atoms with Crippen LogP contribution in [0.3, 0.4) is 0 Å². The van der Waals surface area contributed by atoms with Crippen molar-refractivity contribution in [2.45, 2.75) is 0 Å². The van der Waals surface area contributed by atoms with E-state index in [2.05, 4.69) is 4.98 Å². The normalized spacial score (nSPS) is 15.0. The lowest BCUT2D eigenvalue weighted by molar-refractivity contribution is 0.0714. The number of hydrogen-bond donors (Lipinski definition) is 2. The van der Waals surface area contributed by atoms with Crippen LogP contribution in [0.4, 0.5) is 11.5 Å². The van der Waals surface area contributed by atoms with Gasteiger partial charge in [0.15, 0.2) is 5.76 Å². The third kappa shape index (κ3) is 2.60. The second kappa shape index (κ2) is 5.67. The van der Waals surface area contributed by atoms with Crippen molar-refractivity contribution < 1.29 is 9.21 Å². The molecule has 0 bridgehead atoms. The molecule has 1 aliphatic rings. The number of hydrogen-bond acceptors (Lipinski definition) is 6. The van der Waals surface area contributed by atoms with Crippen molar-refractivity contribution >= 4 is 17.4 Å². The molecule has 0 spiro atoms. The molecule has 0 saturated carbocycles. The van der Waals surface area contributed by atoms with Crippen LogP contribution in [0.5, 0.6) is 0 Å². The van der Waals surface area contributed by atoms with Gasteiger partial charge in [-0.05, 0) is 12.1 Å². The van der Waals surface area contributed by atoms with E-state index in [9.17, 15) is 14.4 Å². The first-order valence-electron chi connectivity index (χ1n) is 7.15. The molecule has 23 heavy (non-hydrogen) atoms. The number of amides is 1. The quantitative estimate of drug-likeness (QED) is 0.749. The van der Waals surface area contributed by atoms with E-state index in [0.717, 1.165) is 0 Å². The van der Waals surface area contributed by atoms with Gasteiger partial charge in [-0.25, -0.2) is 4.79 Å². The van der Waals surface area contributed by atoms with E-state index in [1.54, 1.807) is 21.9 Å². The zero-order valence-corrected chi connectivity index (χ0v) is 12.6. The van der Waals surface area contributed by atoms with Crippen LogP contribution < -0.4 is 21.9 Å². The predicted octanol–water partition coefficient (Wildman–Crippen LogP) is -0.789. The summed E-state index contributed by atoms with van der Waals surface area (Å²) < 4.78 is 6.30. The molecule has 122 valence electrons. The maximum atomic E-state index is 12.2. The first-order valence-corrected chi connectivity index (χ1v) is 7.15. The number of anilines is 2. The number of nitrogen functional groups attached to an aromatic ring is 1. The third-order valence-electron chi connectivity index (χ3n) is 3.96. The second-order valence-corrected chi connectivity index (χ2v) is 5.31. The Hall–Kier alpha value is -2.97. The molecule has 1 fully saturated rings. The molecule has 9 heteroatoms. The Morgan fingerprint density at radius 2 is 1.96 bits per heavy atom. The number of aromatic amines is 1. The molecule has 3 N–H and O–H groups in total. The van der Waals surface area contributed by atoms with Crippen LogP contribution in [0.25, 0.3) is 0 Å². The third-order valence-corrected chi connectivity index (χ3v) is 3.96. The van der Waals surface area contributed by atoms with Crippen LogP contribution in [-0.2, 0) is 7.05 Å². The van der Waals surface area contributed by atoms with Gasteiger partial charge in [0.25, 0.3) is 11.5 Å². The molecule has 0 radical (unpaired) electrons. The van der Waals surface area contributed by atoms with Gasteiger partial charge >= 0.3 is 5.69 Å². The van der Waals surface area contributed by atoms with Crippen LogP contribution in [0.15, 0.2) is 32.4 Å². The Morgan fingerprint density at radius 1 is 1.26 bits per heavy atom. The van der Waals surface area contributed by atoms with E-state index in [0.29, 0.717) is 26.2 Å². The zero-order chi connectivity index (χ0) is 16.6. The summed E-state index contributed by atoms with van der Waals surface area (Å²) in [7, 11) is 1.49. The number of furan rings is 1. The predicted molar refractivity (Wildman–Crippen MR) is 83.5 cm³/mol. The molecule has 9 nitrogen and oxygen atoms in total. The lowest BCUT2D eigenvalue weighted by Gasteiger charge is -2.35. The smallest absolute Gasteiger partial charge is 0.329 e. The number of aromatic nitrogens is 2. The second-order valence-electron chi connectivity index (χ2n) is 5.31. The summed E-state index contributed by atoms with van der Waals surface area (Å²) >= 11 is 0. The Kier molecular flexibility index (Phi) is 3.68. The molecular formula is C14H17N5O4. The van der Waals surface area contributed by atoms with Gasteiger partial charge < -0.3 is 20.0 Å². The molecular weight excluding hydrogens is 302 g/mol. The number of nitrogens with zero attached hydrogens (tertiary/aromatic N) is 3. The fourth-order valence-electron chi connectivity index (χ4n) is 2.62. The molecule has 2 aromatic heterocycles. The van der Waals surface area contributed by atoms with Gasteiger partial charge in [0.1, 0.15) is 11.5 Å². The number of piperazine rings is 1. The molecule has 1 saturated heterocycles. The molecule has 1 aliphatic heterocycles. The van der Waals surface area contributed by atoms with Crippen molar-refractivity contribution in [3.63, 3.8) is 0 Å². The number of carbonyl (C=O) groups is 1. The SMILES string of the molecule is Cn1c(N)c(N2CCN(C(=O)c3ccco3)CC2)c(=O)[nH]c1=O. The average Bonchev–Trinajstić information content (AvgIpc) is 3.07. The monoisotopic (exact) mass is 319 g/mol. The highest BCUT2D eigenvalue weighted by Gasteiger charge is 2.26. The molecule has 3 heterocycles. The Labute approximate surface area is 130 Å². The number of H-pyrrole nitrogens is 1. The van der Waals surface area contributed by atoms with Gasteiger partial charge in [-0.2, -0.15) is 0 Å². The molecule has 0 aromatic carbocycles. The highest BCUT2D eigenvalue weighted by molar-refractivity contribution is 5.91. The number of carbonyl (C=O) groups excluding carboxylic acids is 1. The maximum absolute atomic E-state index is 12.2. The standard InChI is InChI=1S/C14H17N5O4/c1-17-11(15)10(12(20)16-14(17)22)18-4-6-19(7-5-18)13(21)9-3-2-8-23-9/h2-3,8H,4-7,15H2,1H3,(H,16,20,22). The summed E-state index contributed by atoms with van der Waals surface area (Å²) in [5.41, 5.74) is 5.08. The topological polar surface area (TPSA) is 118 Å². The summed E-state index contributed by atoms with van der Waals surface area (Å²) in [6, 6.07) is 3.28. The molecule has 3 rings (SSSR count). The summed E-state index contributed by atoms with van der Waals surface area (Å²) in [6.07, 6.45) is 1.45. The van der Waals surface area contributed by atoms with Crippen molar-refractivity contribution in [1.82, 2.24) is 14.5 Å². The van der Waals surface area contributed by atoms with Crippen molar-refractivity contribution in [3.8, 4) is 0 Å². The van der Waals surface area contributed by atoms with E-state index >= 15 is 0 Å². The van der Waals surface area contributed by atoms with Gasteiger partial charge in [0.05, 0.1) is 6.26 Å². The summed E-state index contributed by atoms with van der Waals surface area (Å²) in [6.45, 7) is 1.75. The highest BCUT2D eigenvalue weighted by Crippen LogP contribution is 2.18. The van der Waals surface area contributed by atoms with E-state index in [1.807, 2.05) is 0 Å². The van der Waals surface area contributed by atoms with E-state index in [-0.39, 0.29) is 23.2 Å². The van der Waals surface area contributed by atoms with Crippen LogP contribution in [-0.4, -0.2) is 46.5 Å².